The van der Waals surface area contributed by atoms with Crippen LogP contribution >= 0.6 is 25.0 Å². The van der Waals surface area contributed by atoms with Crippen molar-refractivity contribution in [3.05, 3.63) is 0 Å². The van der Waals surface area contributed by atoms with E-state index in [0.717, 1.165) is 12.3 Å². The molecule has 0 radical (unpaired) electrons. The molecule has 0 rings (SSSR count). The van der Waals surface area contributed by atoms with Crippen molar-refractivity contribution in [2.24, 2.45) is 0 Å². The summed E-state index contributed by atoms with van der Waals surface area (Å²) in [6, 6.07) is 0. The van der Waals surface area contributed by atoms with Crippen LogP contribution in [0.2, 0.25) is 0 Å². The summed E-state index contributed by atoms with van der Waals surface area (Å²) < 4.78 is 0. The van der Waals surface area contributed by atoms with Gasteiger partial charge in [-0.3, -0.25) is 0 Å². The lowest BCUT2D eigenvalue weighted by atomic mass is 10.5. The van der Waals surface area contributed by atoms with Gasteiger partial charge in [0.05, 0.1) is 0 Å². The van der Waals surface area contributed by atoms with Gasteiger partial charge in [-0.05, 0) is 25.8 Å². The van der Waals surface area contributed by atoms with Gasteiger partial charge in [0.1, 0.15) is 0 Å². The monoisotopic (exact) mass is 141 g/mol. The van der Waals surface area contributed by atoms with Crippen molar-refractivity contribution in [1.82, 2.24) is 5.32 Å². The highest BCUT2D eigenvalue weighted by Crippen LogP contribution is 1.77. The van der Waals surface area contributed by atoms with Gasteiger partial charge in [-0.15, -0.1) is 12.4 Å². The van der Waals surface area contributed by atoms with Gasteiger partial charge in [0.2, 0.25) is 0 Å². The molecule has 3 heteroatoms. The van der Waals surface area contributed by atoms with Gasteiger partial charge in [0, 0.05) is 0 Å². The molecule has 0 atom stereocenters. The van der Waals surface area contributed by atoms with Crippen molar-refractivity contribution < 1.29 is 0 Å². The van der Waals surface area contributed by atoms with E-state index in [1.165, 1.54) is 6.42 Å². The standard InChI is InChI=1S/C4H11NS.ClH/c1-5-3-2-4-6;/h5-6H,2-4H2,1H3;1H. The Morgan fingerprint density at radius 1 is 1.57 bits per heavy atom. The first-order chi connectivity index (χ1) is 2.91. The summed E-state index contributed by atoms with van der Waals surface area (Å²) in [5.74, 6) is 0.987. The summed E-state index contributed by atoms with van der Waals surface area (Å²) in [4.78, 5) is 0. The van der Waals surface area contributed by atoms with Gasteiger partial charge in [-0.25, -0.2) is 0 Å². The largest absolute Gasteiger partial charge is 0.320 e. The van der Waals surface area contributed by atoms with Crippen LogP contribution in [0.15, 0.2) is 0 Å². The smallest absolute Gasteiger partial charge is 0.00441 e. The van der Waals surface area contributed by atoms with Gasteiger partial charge in [0.15, 0.2) is 0 Å². The van der Waals surface area contributed by atoms with Crippen LogP contribution in [0, 0.1) is 0 Å². The molecule has 0 spiro atoms. The van der Waals surface area contributed by atoms with Crippen molar-refractivity contribution >= 4 is 25.0 Å². The molecule has 0 aromatic carbocycles. The first kappa shape index (κ1) is 10.6. The van der Waals surface area contributed by atoms with E-state index in [4.69, 9.17) is 0 Å². The second kappa shape index (κ2) is 9.78. The van der Waals surface area contributed by atoms with E-state index in [-0.39, 0.29) is 12.4 Å². The van der Waals surface area contributed by atoms with E-state index in [1.807, 2.05) is 7.05 Å². The fourth-order valence-corrected chi connectivity index (χ4v) is 0.414. The zero-order valence-corrected chi connectivity index (χ0v) is 6.19. The molecule has 1 nitrogen and oxygen atoms in total. The van der Waals surface area contributed by atoms with E-state index in [2.05, 4.69) is 17.9 Å². The molecule has 0 unspecified atom stereocenters. The Kier molecular flexibility index (Phi) is 14.8. The Morgan fingerprint density at radius 2 is 2.14 bits per heavy atom. The Hall–Kier alpha value is 0.600. The molecule has 0 aromatic heterocycles. The molecule has 1 N–H and O–H groups in total. The van der Waals surface area contributed by atoms with Crippen LogP contribution < -0.4 is 5.32 Å². The minimum Gasteiger partial charge on any atom is -0.320 e. The third kappa shape index (κ3) is 10.8. The Morgan fingerprint density at radius 3 is 2.29 bits per heavy atom. The summed E-state index contributed by atoms with van der Waals surface area (Å²) >= 11 is 4.01. The first-order valence-electron chi connectivity index (χ1n) is 2.17. The summed E-state index contributed by atoms with van der Waals surface area (Å²) in [6.45, 7) is 1.09. The van der Waals surface area contributed by atoms with Crippen LogP contribution in [0.1, 0.15) is 6.42 Å². The number of nitrogens with one attached hydrogen (secondary N) is 1. The summed E-state index contributed by atoms with van der Waals surface area (Å²) in [7, 11) is 1.95. The molecule has 0 fully saturated rings. The van der Waals surface area contributed by atoms with E-state index in [1.54, 1.807) is 0 Å². The average Bonchev–Trinajstić information content (AvgIpc) is 1.61. The number of hydrogen-bond donors (Lipinski definition) is 2. The second-order valence-electron chi connectivity index (χ2n) is 1.18. The molecule has 0 saturated carbocycles. The fraction of sp³-hybridized carbons (Fsp3) is 1.00. The maximum atomic E-state index is 4.01. The van der Waals surface area contributed by atoms with Gasteiger partial charge >= 0.3 is 0 Å². The van der Waals surface area contributed by atoms with Crippen molar-refractivity contribution in [3.63, 3.8) is 0 Å². The van der Waals surface area contributed by atoms with Crippen LogP contribution in [0.25, 0.3) is 0 Å². The van der Waals surface area contributed by atoms with Crippen molar-refractivity contribution in [1.29, 1.82) is 0 Å². The van der Waals surface area contributed by atoms with Crippen molar-refractivity contribution in [3.8, 4) is 0 Å². The minimum atomic E-state index is 0. The summed E-state index contributed by atoms with van der Waals surface area (Å²) in [5.41, 5.74) is 0. The number of halogens is 1. The predicted octanol–water partition coefficient (Wildman–Crippen LogP) is 0.948. The number of thiol groups is 1. The first-order valence-corrected chi connectivity index (χ1v) is 2.80. The second-order valence-corrected chi connectivity index (χ2v) is 1.63. The molecular weight excluding hydrogens is 130 g/mol. The van der Waals surface area contributed by atoms with E-state index >= 15 is 0 Å². The molecule has 0 aliphatic carbocycles. The molecule has 0 aliphatic heterocycles. The molecule has 0 aromatic rings. The lowest BCUT2D eigenvalue weighted by Gasteiger charge is -1.89. The maximum Gasteiger partial charge on any atom is -0.00441 e. The SMILES string of the molecule is CNCCCS.Cl. The minimum absolute atomic E-state index is 0. The molecule has 7 heavy (non-hydrogen) atoms. The van der Waals surface area contributed by atoms with Gasteiger partial charge < -0.3 is 5.32 Å². The van der Waals surface area contributed by atoms with Crippen molar-refractivity contribution in [2.75, 3.05) is 19.3 Å². The van der Waals surface area contributed by atoms with E-state index in [0.29, 0.717) is 0 Å². The zero-order valence-electron chi connectivity index (χ0n) is 4.48. The summed E-state index contributed by atoms with van der Waals surface area (Å²) in [5, 5.41) is 3.02. The Balaban J connectivity index is 0. The fourth-order valence-electron chi connectivity index (χ4n) is 0.256. The van der Waals surface area contributed by atoms with Crippen molar-refractivity contribution in [2.45, 2.75) is 6.42 Å². The van der Waals surface area contributed by atoms with Gasteiger partial charge in [0.25, 0.3) is 0 Å². The van der Waals surface area contributed by atoms with Crippen LogP contribution in [0.3, 0.4) is 0 Å². The Labute approximate surface area is 56.7 Å². The number of hydrogen-bond acceptors (Lipinski definition) is 2. The Bertz CT molecular complexity index is 23.7. The summed E-state index contributed by atoms with van der Waals surface area (Å²) in [6.07, 6.45) is 1.17. The normalized spacial score (nSPS) is 7.71. The van der Waals surface area contributed by atoms with Crippen LogP contribution in [-0.4, -0.2) is 19.3 Å². The van der Waals surface area contributed by atoms with E-state index < -0.39 is 0 Å². The quantitative estimate of drug-likeness (QED) is 0.441. The van der Waals surface area contributed by atoms with Crippen LogP contribution in [0.5, 0.6) is 0 Å². The van der Waals surface area contributed by atoms with Gasteiger partial charge in [-0.2, -0.15) is 12.6 Å². The predicted molar refractivity (Wildman–Crippen MR) is 39.6 cm³/mol. The molecule has 46 valence electrons. The third-order valence-corrected chi connectivity index (χ3v) is 0.901. The molecule has 0 heterocycles. The maximum absolute atomic E-state index is 4.01. The molecule has 0 aliphatic rings. The highest BCUT2D eigenvalue weighted by Gasteiger charge is 1.73. The topological polar surface area (TPSA) is 12.0 Å². The molecular formula is C4H12ClNS. The highest BCUT2D eigenvalue weighted by molar-refractivity contribution is 7.80. The third-order valence-electron chi connectivity index (χ3n) is 0.585. The average molecular weight is 142 g/mol. The molecule has 0 saturated heterocycles. The lowest BCUT2D eigenvalue weighted by Crippen LogP contribution is -2.07. The molecule has 0 bridgehead atoms. The zero-order chi connectivity index (χ0) is 4.83. The highest BCUT2D eigenvalue weighted by atomic mass is 35.5. The van der Waals surface area contributed by atoms with Crippen LogP contribution in [-0.2, 0) is 0 Å². The van der Waals surface area contributed by atoms with Crippen LogP contribution in [0.4, 0.5) is 0 Å². The number of rotatable bonds is 3. The lowest BCUT2D eigenvalue weighted by molar-refractivity contribution is 0.779. The van der Waals surface area contributed by atoms with E-state index in [9.17, 15) is 0 Å². The molecule has 0 amide bonds. The van der Waals surface area contributed by atoms with Gasteiger partial charge in [-0.1, -0.05) is 0 Å².